The summed E-state index contributed by atoms with van der Waals surface area (Å²) < 4.78 is 2.27. The highest BCUT2D eigenvalue weighted by molar-refractivity contribution is 7.80. The molecule has 0 bridgehead atoms. The summed E-state index contributed by atoms with van der Waals surface area (Å²) in [7, 11) is 0. The van der Waals surface area contributed by atoms with Crippen molar-refractivity contribution in [1.29, 1.82) is 0 Å². The Balaban J connectivity index is 1.68. The molecule has 32 heavy (non-hydrogen) atoms. The highest BCUT2D eigenvalue weighted by Gasteiger charge is 2.42. The van der Waals surface area contributed by atoms with Crippen LogP contribution in [0.15, 0.2) is 85.2 Å². The molecule has 2 atom stereocenters. The lowest BCUT2D eigenvalue weighted by atomic mass is 10.00. The highest BCUT2D eigenvalue weighted by Crippen LogP contribution is 2.42. The van der Waals surface area contributed by atoms with Crippen molar-refractivity contribution in [2.75, 3.05) is 4.90 Å². The second-order valence-electron chi connectivity index (χ2n) is 8.41. The number of anilines is 1. The van der Waals surface area contributed by atoms with Crippen molar-refractivity contribution >= 4 is 23.0 Å². The van der Waals surface area contributed by atoms with E-state index in [1.54, 1.807) is 0 Å². The lowest BCUT2D eigenvalue weighted by Crippen LogP contribution is -2.30. The van der Waals surface area contributed by atoms with E-state index in [-0.39, 0.29) is 12.1 Å². The van der Waals surface area contributed by atoms with E-state index in [0.717, 1.165) is 22.8 Å². The topological polar surface area (TPSA) is 33.1 Å². The average molecular weight is 439 g/mol. The zero-order valence-corrected chi connectivity index (χ0v) is 19.3. The second kappa shape index (κ2) is 8.24. The van der Waals surface area contributed by atoms with Crippen LogP contribution in [-0.4, -0.2) is 14.7 Å². The summed E-state index contributed by atoms with van der Waals surface area (Å²) in [5.41, 5.74) is 8.14. The normalized spacial score (nSPS) is 18.1. The van der Waals surface area contributed by atoms with E-state index in [1.807, 2.05) is 18.3 Å². The van der Waals surface area contributed by atoms with Crippen LogP contribution in [0.4, 0.5) is 5.69 Å². The van der Waals surface area contributed by atoms with Crippen LogP contribution in [0.1, 0.15) is 40.2 Å². The van der Waals surface area contributed by atoms with Crippen LogP contribution in [0.2, 0.25) is 0 Å². The lowest BCUT2D eigenvalue weighted by molar-refractivity contribution is 0.549. The van der Waals surface area contributed by atoms with E-state index >= 15 is 0 Å². The van der Waals surface area contributed by atoms with E-state index in [4.69, 9.17) is 12.2 Å². The number of aromatic nitrogens is 2. The number of aryl methyl sites for hydroxylation is 3. The van der Waals surface area contributed by atoms with Gasteiger partial charge in [0.1, 0.15) is 6.04 Å². The van der Waals surface area contributed by atoms with Crippen LogP contribution >= 0.6 is 12.2 Å². The van der Waals surface area contributed by atoms with Crippen molar-refractivity contribution in [2.45, 2.75) is 32.9 Å². The molecule has 160 valence electrons. The molecule has 1 fully saturated rings. The molecule has 2 aromatic heterocycles. The van der Waals surface area contributed by atoms with Gasteiger partial charge in [0.25, 0.3) is 0 Å². The summed E-state index contributed by atoms with van der Waals surface area (Å²) in [6, 6.07) is 25.3. The van der Waals surface area contributed by atoms with Crippen molar-refractivity contribution < 1.29 is 0 Å². The Kier molecular flexibility index (Phi) is 5.27. The third kappa shape index (κ3) is 3.59. The van der Waals surface area contributed by atoms with Gasteiger partial charge in [-0.3, -0.25) is 4.98 Å². The first-order valence-corrected chi connectivity index (χ1v) is 11.3. The van der Waals surface area contributed by atoms with Crippen LogP contribution in [-0.2, 0) is 0 Å². The van der Waals surface area contributed by atoms with E-state index < -0.39 is 0 Å². The number of thiocarbonyl (C=S) groups is 1. The monoisotopic (exact) mass is 438 g/mol. The van der Waals surface area contributed by atoms with Gasteiger partial charge in [-0.2, -0.15) is 0 Å². The Bertz CT molecular complexity index is 1280. The first-order valence-electron chi connectivity index (χ1n) is 10.8. The summed E-state index contributed by atoms with van der Waals surface area (Å²) >= 11 is 5.87. The van der Waals surface area contributed by atoms with Crippen LogP contribution in [0.25, 0.3) is 5.69 Å². The Hall–Kier alpha value is -3.44. The highest BCUT2D eigenvalue weighted by atomic mass is 32.1. The van der Waals surface area contributed by atoms with Crippen LogP contribution < -0.4 is 10.2 Å². The smallest absolute Gasteiger partial charge is 0.174 e. The van der Waals surface area contributed by atoms with Gasteiger partial charge in [-0.15, -0.1) is 0 Å². The molecule has 1 N–H and O–H groups in total. The minimum atomic E-state index is -0.0654. The molecule has 0 radical (unpaired) electrons. The number of rotatable bonds is 4. The minimum absolute atomic E-state index is 0.0455. The van der Waals surface area contributed by atoms with Crippen LogP contribution in [0.5, 0.6) is 0 Å². The van der Waals surface area contributed by atoms with Crippen LogP contribution in [0, 0.1) is 20.8 Å². The molecule has 4 nitrogen and oxygen atoms in total. The zero-order chi connectivity index (χ0) is 22.2. The molecular formula is C27H26N4S. The second-order valence-corrected chi connectivity index (χ2v) is 8.79. The van der Waals surface area contributed by atoms with Gasteiger partial charge in [0, 0.05) is 29.5 Å². The maximum Gasteiger partial charge on any atom is 0.174 e. The molecule has 0 unspecified atom stereocenters. The first-order chi connectivity index (χ1) is 15.5. The molecule has 5 heteroatoms. The number of nitrogens with zero attached hydrogens (tertiary/aromatic N) is 3. The summed E-state index contributed by atoms with van der Waals surface area (Å²) in [6.07, 6.45) is 3.97. The fourth-order valence-corrected chi connectivity index (χ4v) is 4.80. The molecule has 1 saturated heterocycles. The minimum Gasteiger partial charge on any atom is -0.351 e. The molecule has 4 aromatic rings. The van der Waals surface area contributed by atoms with E-state index in [2.05, 4.69) is 107 Å². The maximum atomic E-state index is 5.87. The van der Waals surface area contributed by atoms with E-state index in [9.17, 15) is 0 Å². The average Bonchev–Trinajstić information content (AvgIpc) is 3.40. The molecule has 0 amide bonds. The quantitative estimate of drug-likeness (QED) is 0.398. The van der Waals surface area contributed by atoms with Crippen molar-refractivity contribution in [3.8, 4) is 5.69 Å². The number of nitrogens with one attached hydrogen (secondary N) is 1. The molecule has 3 heterocycles. The van der Waals surface area contributed by atoms with Gasteiger partial charge in [-0.25, -0.2) is 0 Å². The largest absolute Gasteiger partial charge is 0.351 e. The standard InChI is InChI=1S/C27H26N4S/c1-18-8-6-9-22(16-18)31-26(25(29-27(31)32)23-10-4-5-14-28-23)24-11-7-15-30(24)21-13-12-19(2)20(3)17-21/h4-17,25-26H,1-3H3,(H,29,32)/t25-,26-/m1/s1. The van der Waals surface area contributed by atoms with Gasteiger partial charge >= 0.3 is 0 Å². The molecule has 5 rings (SSSR count). The molecule has 0 spiro atoms. The number of benzene rings is 2. The van der Waals surface area contributed by atoms with Gasteiger partial charge in [-0.05, 0) is 98.2 Å². The zero-order valence-electron chi connectivity index (χ0n) is 18.5. The summed E-state index contributed by atoms with van der Waals surface area (Å²) in [5.74, 6) is 0. The fraction of sp³-hybridized carbons (Fsp3) is 0.185. The van der Waals surface area contributed by atoms with E-state index in [0.29, 0.717) is 5.11 Å². The Morgan fingerprint density at radius 1 is 0.844 bits per heavy atom. The van der Waals surface area contributed by atoms with Gasteiger partial charge in [-0.1, -0.05) is 24.3 Å². The third-order valence-corrected chi connectivity index (χ3v) is 6.54. The molecule has 0 aliphatic carbocycles. The van der Waals surface area contributed by atoms with E-state index in [1.165, 1.54) is 16.7 Å². The van der Waals surface area contributed by atoms with Crippen molar-refractivity contribution in [1.82, 2.24) is 14.9 Å². The summed E-state index contributed by atoms with van der Waals surface area (Å²) in [4.78, 5) is 6.90. The summed E-state index contributed by atoms with van der Waals surface area (Å²) in [5, 5.41) is 4.27. The molecule has 2 aromatic carbocycles. The molecule has 1 aliphatic heterocycles. The van der Waals surface area contributed by atoms with Crippen molar-refractivity contribution in [2.24, 2.45) is 0 Å². The number of hydrogen-bond donors (Lipinski definition) is 1. The SMILES string of the molecule is Cc1cccc(N2C(=S)N[C@H](c3ccccn3)[C@H]2c2cccn2-c2ccc(C)c(C)c2)c1. The molecular weight excluding hydrogens is 412 g/mol. The lowest BCUT2D eigenvalue weighted by Gasteiger charge is -2.29. The predicted octanol–water partition coefficient (Wildman–Crippen LogP) is 5.97. The first kappa shape index (κ1) is 20.5. The van der Waals surface area contributed by atoms with Crippen LogP contribution in [0.3, 0.4) is 0 Å². The third-order valence-electron chi connectivity index (χ3n) is 6.23. The predicted molar refractivity (Wildman–Crippen MR) is 134 cm³/mol. The van der Waals surface area contributed by atoms with Crippen molar-refractivity contribution in [3.63, 3.8) is 0 Å². The number of pyridine rings is 1. The summed E-state index contributed by atoms with van der Waals surface area (Å²) in [6.45, 7) is 6.41. The molecule has 0 saturated carbocycles. The molecule has 1 aliphatic rings. The van der Waals surface area contributed by atoms with Gasteiger partial charge in [0.2, 0.25) is 0 Å². The van der Waals surface area contributed by atoms with Gasteiger partial charge in [0.15, 0.2) is 5.11 Å². The Labute approximate surface area is 194 Å². The van der Waals surface area contributed by atoms with Gasteiger partial charge < -0.3 is 14.8 Å². The van der Waals surface area contributed by atoms with Gasteiger partial charge in [0.05, 0.1) is 11.7 Å². The fourth-order valence-electron chi connectivity index (χ4n) is 4.46. The van der Waals surface area contributed by atoms with Crippen molar-refractivity contribution in [3.05, 3.63) is 113 Å². The Morgan fingerprint density at radius 3 is 2.47 bits per heavy atom. The Morgan fingerprint density at radius 2 is 1.72 bits per heavy atom. The maximum absolute atomic E-state index is 5.87. The number of hydrogen-bond acceptors (Lipinski definition) is 2.